The number of hydrogen-bond donors (Lipinski definition) is 1. The Balaban J connectivity index is 1.32. The summed E-state index contributed by atoms with van der Waals surface area (Å²) in [4.78, 5) is 17.6. The molecule has 2 aromatic heterocycles. The lowest BCUT2D eigenvalue weighted by molar-refractivity contribution is 0.369. The first-order chi connectivity index (χ1) is 13.8. The third kappa shape index (κ3) is 4.11. The standard InChI is InChI=1S/C20H24N8/c1-21-19(26-12-14-27(15-13-26)20-22-9-5-10-23-20)24-16-17-8-11-28(25-17)18-6-3-2-4-7-18/h2-11H,12-16H2,1H3,(H,21,24). The molecule has 4 rings (SSSR count). The van der Waals surface area contributed by atoms with Crippen molar-refractivity contribution in [2.75, 3.05) is 38.1 Å². The fourth-order valence-corrected chi connectivity index (χ4v) is 3.26. The van der Waals surface area contributed by atoms with Crippen LogP contribution in [0.2, 0.25) is 0 Å². The molecule has 1 fully saturated rings. The van der Waals surface area contributed by atoms with E-state index >= 15 is 0 Å². The summed E-state index contributed by atoms with van der Waals surface area (Å²) in [7, 11) is 1.82. The normalized spacial score (nSPS) is 15.0. The number of aromatic nitrogens is 4. The van der Waals surface area contributed by atoms with Gasteiger partial charge in [-0.1, -0.05) is 18.2 Å². The first-order valence-corrected chi connectivity index (χ1v) is 9.41. The van der Waals surface area contributed by atoms with Gasteiger partial charge in [-0.15, -0.1) is 0 Å². The summed E-state index contributed by atoms with van der Waals surface area (Å²) in [6, 6.07) is 14.0. The number of para-hydroxylation sites is 1. The van der Waals surface area contributed by atoms with Crippen molar-refractivity contribution in [3.63, 3.8) is 0 Å². The molecule has 144 valence electrons. The van der Waals surface area contributed by atoms with Gasteiger partial charge in [-0.05, 0) is 24.3 Å². The Morgan fingerprint density at radius 2 is 1.75 bits per heavy atom. The molecule has 8 heteroatoms. The Labute approximate surface area is 164 Å². The van der Waals surface area contributed by atoms with E-state index in [-0.39, 0.29) is 0 Å². The molecule has 1 aliphatic rings. The molecule has 0 saturated carbocycles. The molecule has 1 N–H and O–H groups in total. The molecule has 0 atom stereocenters. The second-order valence-corrected chi connectivity index (χ2v) is 6.51. The van der Waals surface area contributed by atoms with Crippen LogP contribution >= 0.6 is 0 Å². The molecule has 0 unspecified atom stereocenters. The number of piperazine rings is 1. The quantitative estimate of drug-likeness (QED) is 0.550. The van der Waals surface area contributed by atoms with Gasteiger partial charge in [0, 0.05) is 51.8 Å². The van der Waals surface area contributed by atoms with Crippen molar-refractivity contribution in [1.29, 1.82) is 0 Å². The fourth-order valence-electron chi connectivity index (χ4n) is 3.26. The lowest BCUT2D eigenvalue weighted by atomic mass is 10.3. The van der Waals surface area contributed by atoms with Crippen LogP contribution in [0.1, 0.15) is 5.69 Å². The Bertz CT molecular complexity index is 898. The van der Waals surface area contributed by atoms with E-state index < -0.39 is 0 Å². The molecular weight excluding hydrogens is 352 g/mol. The first kappa shape index (κ1) is 18.0. The lowest BCUT2D eigenvalue weighted by Crippen LogP contribution is -2.52. The molecule has 1 aliphatic heterocycles. The van der Waals surface area contributed by atoms with Gasteiger partial charge in [-0.2, -0.15) is 5.10 Å². The summed E-state index contributed by atoms with van der Waals surface area (Å²) in [5, 5.41) is 8.06. The molecule has 0 spiro atoms. The highest BCUT2D eigenvalue weighted by Crippen LogP contribution is 2.10. The zero-order chi connectivity index (χ0) is 19.2. The summed E-state index contributed by atoms with van der Waals surface area (Å²) < 4.78 is 1.89. The minimum absolute atomic E-state index is 0.633. The van der Waals surface area contributed by atoms with Crippen molar-refractivity contribution in [1.82, 2.24) is 30.0 Å². The predicted octanol–water partition coefficient (Wildman–Crippen LogP) is 1.56. The monoisotopic (exact) mass is 376 g/mol. The first-order valence-electron chi connectivity index (χ1n) is 9.41. The van der Waals surface area contributed by atoms with Crippen molar-refractivity contribution in [2.24, 2.45) is 4.99 Å². The summed E-state index contributed by atoms with van der Waals surface area (Å²) in [5.74, 6) is 1.68. The predicted molar refractivity (Wildman–Crippen MR) is 110 cm³/mol. The molecule has 3 aromatic rings. The summed E-state index contributed by atoms with van der Waals surface area (Å²) in [6.07, 6.45) is 5.54. The highest BCUT2D eigenvalue weighted by atomic mass is 15.4. The van der Waals surface area contributed by atoms with Gasteiger partial charge >= 0.3 is 0 Å². The number of nitrogens with one attached hydrogen (secondary N) is 1. The maximum Gasteiger partial charge on any atom is 0.225 e. The SMILES string of the molecule is CN=C(NCc1ccn(-c2ccccc2)n1)N1CCN(c2ncccn2)CC1. The second kappa shape index (κ2) is 8.51. The lowest BCUT2D eigenvalue weighted by Gasteiger charge is -2.36. The molecular formula is C20H24N8. The zero-order valence-electron chi connectivity index (χ0n) is 15.9. The summed E-state index contributed by atoms with van der Waals surface area (Å²) in [6.45, 7) is 4.11. The van der Waals surface area contributed by atoms with E-state index in [9.17, 15) is 0 Å². The van der Waals surface area contributed by atoms with Crippen molar-refractivity contribution in [3.8, 4) is 5.69 Å². The van der Waals surface area contributed by atoms with Crippen molar-refractivity contribution in [2.45, 2.75) is 6.54 Å². The van der Waals surface area contributed by atoms with Crippen LogP contribution in [0.5, 0.6) is 0 Å². The van der Waals surface area contributed by atoms with Crippen LogP contribution in [-0.4, -0.2) is 63.8 Å². The van der Waals surface area contributed by atoms with Crippen LogP contribution in [0, 0.1) is 0 Å². The average molecular weight is 376 g/mol. The third-order valence-electron chi connectivity index (χ3n) is 4.72. The summed E-state index contributed by atoms with van der Waals surface area (Å²) >= 11 is 0. The van der Waals surface area contributed by atoms with E-state index in [1.165, 1.54) is 0 Å². The van der Waals surface area contributed by atoms with Gasteiger partial charge < -0.3 is 15.1 Å². The van der Waals surface area contributed by atoms with Crippen LogP contribution in [0.25, 0.3) is 5.69 Å². The topological polar surface area (TPSA) is 74.5 Å². The van der Waals surface area contributed by atoms with Crippen LogP contribution in [0.3, 0.4) is 0 Å². The van der Waals surface area contributed by atoms with Gasteiger partial charge in [0.15, 0.2) is 5.96 Å². The molecule has 0 radical (unpaired) electrons. The Morgan fingerprint density at radius 3 is 2.46 bits per heavy atom. The molecule has 0 aliphatic carbocycles. The van der Waals surface area contributed by atoms with Gasteiger partial charge in [0.2, 0.25) is 5.95 Å². The average Bonchev–Trinajstić information content (AvgIpc) is 3.25. The van der Waals surface area contributed by atoms with Crippen LogP contribution in [0.15, 0.2) is 66.0 Å². The van der Waals surface area contributed by atoms with E-state index in [0.29, 0.717) is 6.54 Å². The van der Waals surface area contributed by atoms with E-state index in [4.69, 9.17) is 0 Å². The van der Waals surface area contributed by atoms with Gasteiger partial charge in [-0.25, -0.2) is 14.6 Å². The van der Waals surface area contributed by atoms with E-state index in [1.807, 2.05) is 60.4 Å². The van der Waals surface area contributed by atoms with Gasteiger partial charge in [-0.3, -0.25) is 4.99 Å². The van der Waals surface area contributed by atoms with E-state index in [1.54, 1.807) is 12.4 Å². The van der Waals surface area contributed by atoms with Gasteiger partial charge in [0.25, 0.3) is 0 Å². The number of nitrogens with zero attached hydrogens (tertiary/aromatic N) is 7. The minimum atomic E-state index is 0.633. The van der Waals surface area contributed by atoms with Crippen molar-refractivity contribution >= 4 is 11.9 Å². The molecule has 0 bridgehead atoms. The van der Waals surface area contributed by atoms with Gasteiger partial charge in [0.1, 0.15) is 0 Å². The molecule has 3 heterocycles. The van der Waals surface area contributed by atoms with Gasteiger partial charge in [0.05, 0.1) is 17.9 Å². The number of aliphatic imine (C=N–C) groups is 1. The zero-order valence-corrected chi connectivity index (χ0v) is 15.9. The van der Waals surface area contributed by atoms with E-state index in [0.717, 1.165) is 49.5 Å². The number of guanidine groups is 1. The fraction of sp³-hybridized carbons (Fsp3) is 0.300. The number of rotatable bonds is 4. The molecule has 0 amide bonds. The molecule has 28 heavy (non-hydrogen) atoms. The van der Waals surface area contributed by atoms with Crippen molar-refractivity contribution in [3.05, 3.63) is 66.7 Å². The Kier molecular flexibility index (Phi) is 5.46. The smallest absolute Gasteiger partial charge is 0.225 e. The van der Waals surface area contributed by atoms with Crippen LogP contribution in [0.4, 0.5) is 5.95 Å². The minimum Gasteiger partial charge on any atom is -0.351 e. The summed E-state index contributed by atoms with van der Waals surface area (Å²) in [5.41, 5.74) is 2.03. The number of anilines is 1. The van der Waals surface area contributed by atoms with Crippen LogP contribution in [-0.2, 0) is 6.54 Å². The number of benzene rings is 1. The maximum absolute atomic E-state index is 4.64. The third-order valence-corrected chi connectivity index (χ3v) is 4.72. The van der Waals surface area contributed by atoms with Crippen LogP contribution < -0.4 is 10.2 Å². The maximum atomic E-state index is 4.64. The van der Waals surface area contributed by atoms with Crippen molar-refractivity contribution < 1.29 is 0 Å². The Hall–Kier alpha value is -3.42. The second-order valence-electron chi connectivity index (χ2n) is 6.51. The molecule has 1 saturated heterocycles. The highest BCUT2D eigenvalue weighted by molar-refractivity contribution is 5.80. The van der Waals surface area contributed by atoms with E-state index in [2.05, 4.69) is 35.2 Å². The molecule has 8 nitrogen and oxygen atoms in total. The largest absolute Gasteiger partial charge is 0.351 e. The number of hydrogen-bond acceptors (Lipinski definition) is 5. The highest BCUT2D eigenvalue weighted by Gasteiger charge is 2.21. The Morgan fingerprint density at radius 1 is 1.00 bits per heavy atom. The molecule has 1 aromatic carbocycles.